The molecule has 0 aliphatic heterocycles. The number of carbonyl (C=O) groups is 1. The number of hydrogen-bond donors (Lipinski definition) is 0. The van der Waals surface area contributed by atoms with Crippen molar-refractivity contribution in [3.63, 3.8) is 0 Å². The van der Waals surface area contributed by atoms with Crippen molar-refractivity contribution in [1.29, 1.82) is 0 Å². The van der Waals surface area contributed by atoms with Crippen LogP contribution in [-0.2, 0) is 0 Å². The van der Waals surface area contributed by atoms with E-state index in [1.165, 1.54) is 0 Å². The number of aryl methyl sites for hydroxylation is 2. The average molecular weight is 354 g/mol. The first kappa shape index (κ1) is 14.9. The highest BCUT2D eigenvalue weighted by Crippen LogP contribution is 2.28. The Hall–Kier alpha value is -2.00. The first-order valence-electron chi connectivity index (χ1n) is 7.14. The Morgan fingerprint density at radius 3 is 2.36 bits per heavy atom. The van der Waals surface area contributed by atoms with Gasteiger partial charge in [-0.15, -0.1) is 0 Å². The maximum atomic E-state index is 12.1. The van der Waals surface area contributed by atoms with Crippen LogP contribution in [-0.4, -0.2) is 10.8 Å². The summed E-state index contributed by atoms with van der Waals surface area (Å²) in [6, 6.07) is 14.0. The molecule has 0 N–H and O–H groups in total. The van der Waals surface area contributed by atoms with Gasteiger partial charge in [-0.25, -0.2) is 4.98 Å². The molecule has 2 aromatic carbocycles. The number of halogens is 1. The van der Waals surface area contributed by atoms with Gasteiger partial charge in [0.05, 0.1) is 11.2 Å². The minimum absolute atomic E-state index is 0.0655. The number of aromatic nitrogens is 1. The van der Waals surface area contributed by atoms with Crippen LogP contribution in [0, 0.1) is 13.8 Å². The molecule has 0 spiro atoms. The second-order valence-corrected chi connectivity index (χ2v) is 6.51. The summed E-state index contributed by atoms with van der Waals surface area (Å²) in [5, 5.41) is 0.936. The third-order valence-corrected chi connectivity index (χ3v) is 4.30. The van der Waals surface area contributed by atoms with E-state index in [0.29, 0.717) is 0 Å². The Bertz CT molecular complexity index is 882. The fourth-order valence-electron chi connectivity index (χ4n) is 2.74. The molecule has 1 heterocycles. The highest BCUT2D eigenvalue weighted by Gasteiger charge is 2.13. The first-order valence-corrected chi connectivity index (χ1v) is 7.94. The van der Waals surface area contributed by atoms with E-state index in [4.69, 9.17) is 4.98 Å². The molecular formula is C19H16BrNO. The van der Waals surface area contributed by atoms with Crippen molar-refractivity contribution in [3.8, 4) is 11.3 Å². The van der Waals surface area contributed by atoms with Crippen LogP contribution in [0.15, 0.2) is 46.9 Å². The lowest BCUT2D eigenvalue weighted by molar-refractivity contribution is 0.101. The zero-order valence-electron chi connectivity index (χ0n) is 12.8. The predicted molar refractivity (Wildman–Crippen MR) is 94.4 cm³/mol. The molecule has 110 valence electrons. The maximum absolute atomic E-state index is 12.1. The van der Waals surface area contributed by atoms with Gasteiger partial charge in [-0.2, -0.15) is 0 Å². The van der Waals surface area contributed by atoms with Gasteiger partial charge in [-0.05, 0) is 50.6 Å². The molecule has 0 aliphatic rings. The van der Waals surface area contributed by atoms with E-state index in [-0.39, 0.29) is 5.78 Å². The minimum Gasteiger partial charge on any atom is -0.294 e. The molecule has 0 saturated heterocycles. The number of ketones is 1. The monoisotopic (exact) mass is 353 g/mol. The predicted octanol–water partition coefficient (Wildman–Crippen LogP) is 5.48. The van der Waals surface area contributed by atoms with E-state index in [1.54, 1.807) is 6.92 Å². The number of rotatable bonds is 2. The Kier molecular flexibility index (Phi) is 3.83. The van der Waals surface area contributed by atoms with Gasteiger partial charge in [0.25, 0.3) is 0 Å². The molecular weight excluding hydrogens is 338 g/mol. The summed E-state index contributed by atoms with van der Waals surface area (Å²) in [5.41, 5.74) is 5.71. The van der Waals surface area contributed by atoms with Gasteiger partial charge in [0.1, 0.15) is 0 Å². The summed E-state index contributed by atoms with van der Waals surface area (Å²) < 4.78 is 1.02. The van der Waals surface area contributed by atoms with E-state index >= 15 is 0 Å². The van der Waals surface area contributed by atoms with Crippen molar-refractivity contribution in [2.24, 2.45) is 0 Å². The molecule has 0 bridgehead atoms. The van der Waals surface area contributed by atoms with E-state index < -0.39 is 0 Å². The third kappa shape index (κ3) is 2.69. The van der Waals surface area contributed by atoms with E-state index in [0.717, 1.165) is 43.3 Å². The molecule has 1 aromatic heterocycles. The lowest BCUT2D eigenvalue weighted by Crippen LogP contribution is -1.99. The molecule has 22 heavy (non-hydrogen) atoms. The first-order chi connectivity index (χ1) is 10.5. The van der Waals surface area contributed by atoms with Gasteiger partial charge in [0.15, 0.2) is 5.78 Å². The summed E-state index contributed by atoms with van der Waals surface area (Å²) in [5.74, 6) is 0.0655. The molecule has 0 amide bonds. The Balaban J connectivity index is 2.34. The van der Waals surface area contributed by atoms with Crippen LogP contribution in [0.4, 0.5) is 0 Å². The number of nitrogens with zero attached hydrogens (tertiary/aromatic N) is 1. The molecule has 3 aromatic rings. The summed E-state index contributed by atoms with van der Waals surface area (Å²) >= 11 is 3.44. The van der Waals surface area contributed by atoms with Gasteiger partial charge >= 0.3 is 0 Å². The van der Waals surface area contributed by atoms with Crippen LogP contribution >= 0.6 is 15.9 Å². The summed E-state index contributed by atoms with van der Waals surface area (Å²) in [4.78, 5) is 16.9. The number of carbonyl (C=O) groups excluding carboxylic acids is 1. The molecule has 3 heteroatoms. The maximum Gasteiger partial charge on any atom is 0.160 e. The standard InChI is InChI=1S/C19H16BrNO/c1-11-8-12(2)19-17(9-11)16(13(3)22)10-18(21-19)14-4-6-15(20)7-5-14/h4-10H,1-3H3. The van der Waals surface area contributed by atoms with Crippen molar-refractivity contribution in [2.75, 3.05) is 0 Å². The number of Topliss-reactive ketones (excluding diaryl/α,β-unsaturated/α-hetero) is 1. The minimum atomic E-state index is 0.0655. The van der Waals surface area contributed by atoms with Gasteiger partial charge < -0.3 is 0 Å². The highest BCUT2D eigenvalue weighted by molar-refractivity contribution is 9.10. The van der Waals surface area contributed by atoms with Crippen LogP contribution < -0.4 is 0 Å². The summed E-state index contributed by atoms with van der Waals surface area (Å²) in [7, 11) is 0. The van der Waals surface area contributed by atoms with Gasteiger partial charge in [-0.1, -0.05) is 39.7 Å². The van der Waals surface area contributed by atoms with Crippen molar-refractivity contribution < 1.29 is 4.79 Å². The summed E-state index contributed by atoms with van der Waals surface area (Å²) in [6.45, 7) is 5.69. The van der Waals surface area contributed by atoms with Crippen LogP contribution in [0.2, 0.25) is 0 Å². The zero-order valence-corrected chi connectivity index (χ0v) is 14.4. The molecule has 0 atom stereocenters. The third-order valence-electron chi connectivity index (χ3n) is 3.77. The smallest absolute Gasteiger partial charge is 0.160 e. The lowest BCUT2D eigenvalue weighted by atomic mass is 9.98. The largest absolute Gasteiger partial charge is 0.294 e. The fraction of sp³-hybridized carbons (Fsp3) is 0.158. The topological polar surface area (TPSA) is 30.0 Å². The van der Waals surface area contributed by atoms with Crippen molar-refractivity contribution in [2.45, 2.75) is 20.8 Å². The molecule has 3 rings (SSSR count). The van der Waals surface area contributed by atoms with Gasteiger partial charge in [-0.3, -0.25) is 4.79 Å². The highest BCUT2D eigenvalue weighted by atomic mass is 79.9. The van der Waals surface area contributed by atoms with Gasteiger partial charge in [0, 0.05) is 21.0 Å². The number of hydrogen-bond acceptors (Lipinski definition) is 2. The lowest BCUT2D eigenvalue weighted by Gasteiger charge is -2.11. The van der Waals surface area contributed by atoms with E-state index in [2.05, 4.69) is 22.0 Å². The number of benzene rings is 2. The van der Waals surface area contributed by atoms with Crippen LogP contribution in [0.25, 0.3) is 22.2 Å². The van der Waals surface area contributed by atoms with E-state index in [9.17, 15) is 4.79 Å². The van der Waals surface area contributed by atoms with Crippen LogP contribution in [0.1, 0.15) is 28.4 Å². The zero-order chi connectivity index (χ0) is 15.9. The molecule has 0 fully saturated rings. The normalized spacial score (nSPS) is 10.9. The van der Waals surface area contributed by atoms with Crippen molar-refractivity contribution in [1.82, 2.24) is 4.98 Å². The Labute approximate surface area is 138 Å². The van der Waals surface area contributed by atoms with Crippen molar-refractivity contribution >= 4 is 32.6 Å². The molecule has 2 nitrogen and oxygen atoms in total. The number of pyridine rings is 1. The second kappa shape index (κ2) is 5.65. The van der Waals surface area contributed by atoms with Crippen LogP contribution in [0.3, 0.4) is 0 Å². The molecule has 0 unspecified atom stereocenters. The Morgan fingerprint density at radius 2 is 1.73 bits per heavy atom. The van der Waals surface area contributed by atoms with E-state index in [1.807, 2.05) is 50.2 Å². The SMILES string of the molecule is CC(=O)c1cc(-c2ccc(Br)cc2)nc2c(C)cc(C)cc12. The average Bonchev–Trinajstić information content (AvgIpc) is 2.47. The van der Waals surface area contributed by atoms with Gasteiger partial charge in [0.2, 0.25) is 0 Å². The summed E-state index contributed by atoms with van der Waals surface area (Å²) in [6.07, 6.45) is 0. The Morgan fingerprint density at radius 1 is 1.05 bits per heavy atom. The molecule has 0 saturated carbocycles. The quantitative estimate of drug-likeness (QED) is 0.570. The fourth-order valence-corrected chi connectivity index (χ4v) is 3.01. The molecule has 0 aliphatic carbocycles. The number of fused-ring (bicyclic) bond motifs is 1. The van der Waals surface area contributed by atoms with Crippen molar-refractivity contribution in [3.05, 3.63) is 63.6 Å². The second-order valence-electron chi connectivity index (χ2n) is 5.60. The molecule has 0 radical (unpaired) electrons. The van der Waals surface area contributed by atoms with Crippen LogP contribution in [0.5, 0.6) is 0 Å².